The fraction of sp³-hybridized carbons (Fsp3) is 1.00. The Morgan fingerprint density at radius 3 is 2.54 bits per heavy atom. The molecule has 0 aromatic rings. The van der Waals surface area contributed by atoms with E-state index >= 15 is 0 Å². The molecular formula is C12H25N. The molecule has 1 fully saturated rings. The monoisotopic (exact) mass is 183 g/mol. The van der Waals surface area contributed by atoms with Crippen LogP contribution in [-0.2, 0) is 0 Å². The predicted molar refractivity (Wildman–Crippen MR) is 58.8 cm³/mol. The Bertz CT molecular complexity index is 144. The largest absolute Gasteiger partial charge is 0.314 e. The summed E-state index contributed by atoms with van der Waals surface area (Å²) in [6.45, 7) is 10.5. The van der Waals surface area contributed by atoms with E-state index in [2.05, 4.69) is 33.0 Å². The number of hydrogen-bond acceptors (Lipinski definition) is 1. The minimum absolute atomic E-state index is 0.795. The van der Waals surface area contributed by atoms with Crippen LogP contribution in [-0.4, -0.2) is 12.6 Å². The van der Waals surface area contributed by atoms with Gasteiger partial charge in [0.25, 0.3) is 0 Å². The number of rotatable bonds is 4. The zero-order valence-corrected chi connectivity index (χ0v) is 9.64. The van der Waals surface area contributed by atoms with Crippen LogP contribution in [0.1, 0.15) is 47.0 Å². The molecule has 0 heterocycles. The van der Waals surface area contributed by atoms with Crippen molar-refractivity contribution >= 4 is 0 Å². The van der Waals surface area contributed by atoms with E-state index in [1.807, 2.05) is 0 Å². The van der Waals surface area contributed by atoms with Crippen molar-refractivity contribution in [3.8, 4) is 0 Å². The molecule has 1 aliphatic rings. The van der Waals surface area contributed by atoms with Crippen molar-refractivity contribution in [2.75, 3.05) is 6.54 Å². The zero-order valence-electron chi connectivity index (χ0n) is 9.64. The van der Waals surface area contributed by atoms with Gasteiger partial charge >= 0.3 is 0 Å². The quantitative estimate of drug-likeness (QED) is 0.706. The molecule has 13 heavy (non-hydrogen) atoms. The van der Waals surface area contributed by atoms with E-state index in [0.29, 0.717) is 0 Å². The summed E-state index contributed by atoms with van der Waals surface area (Å²) >= 11 is 0. The molecule has 0 aromatic carbocycles. The summed E-state index contributed by atoms with van der Waals surface area (Å²) < 4.78 is 0. The lowest BCUT2D eigenvalue weighted by atomic mass is 9.83. The predicted octanol–water partition coefficient (Wildman–Crippen LogP) is 3.06. The van der Waals surface area contributed by atoms with Gasteiger partial charge in [0.15, 0.2) is 0 Å². The second kappa shape index (κ2) is 4.99. The molecule has 0 aliphatic heterocycles. The molecule has 0 radical (unpaired) electrons. The van der Waals surface area contributed by atoms with Crippen LogP contribution in [0.15, 0.2) is 0 Å². The third kappa shape index (κ3) is 2.46. The average Bonchev–Trinajstić information content (AvgIpc) is 2.48. The second-order valence-corrected chi connectivity index (χ2v) is 4.65. The van der Waals surface area contributed by atoms with Crippen LogP contribution in [0.3, 0.4) is 0 Å². The van der Waals surface area contributed by atoms with Gasteiger partial charge in [-0.15, -0.1) is 0 Å². The third-order valence-corrected chi connectivity index (χ3v) is 3.96. The van der Waals surface area contributed by atoms with Gasteiger partial charge < -0.3 is 5.32 Å². The maximum absolute atomic E-state index is 3.60. The van der Waals surface area contributed by atoms with E-state index in [9.17, 15) is 0 Å². The molecule has 4 atom stereocenters. The first-order valence-electron chi connectivity index (χ1n) is 5.94. The van der Waals surface area contributed by atoms with E-state index in [1.165, 1.54) is 19.3 Å². The molecule has 1 N–H and O–H groups in total. The van der Waals surface area contributed by atoms with Crippen LogP contribution in [0.5, 0.6) is 0 Å². The smallest absolute Gasteiger partial charge is 0.00954 e. The molecule has 0 saturated heterocycles. The Morgan fingerprint density at radius 1 is 1.31 bits per heavy atom. The SMILES string of the molecule is CCNC1CCC(C(C)CC)C1C. The van der Waals surface area contributed by atoms with Crippen LogP contribution >= 0.6 is 0 Å². The van der Waals surface area contributed by atoms with Crippen LogP contribution in [0.2, 0.25) is 0 Å². The van der Waals surface area contributed by atoms with E-state index in [-0.39, 0.29) is 0 Å². The number of nitrogens with one attached hydrogen (secondary N) is 1. The molecule has 1 saturated carbocycles. The van der Waals surface area contributed by atoms with Crippen LogP contribution in [0, 0.1) is 17.8 Å². The van der Waals surface area contributed by atoms with E-state index in [0.717, 1.165) is 30.3 Å². The molecule has 0 spiro atoms. The summed E-state index contributed by atoms with van der Waals surface area (Å²) in [6.07, 6.45) is 4.17. The molecule has 0 amide bonds. The van der Waals surface area contributed by atoms with Crippen molar-refractivity contribution in [1.29, 1.82) is 0 Å². The maximum Gasteiger partial charge on any atom is 0.00954 e. The summed E-state index contributed by atoms with van der Waals surface area (Å²) in [6, 6.07) is 0.795. The maximum atomic E-state index is 3.60. The van der Waals surface area contributed by atoms with Crippen LogP contribution < -0.4 is 5.32 Å². The van der Waals surface area contributed by atoms with E-state index < -0.39 is 0 Å². The summed E-state index contributed by atoms with van der Waals surface area (Å²) in [4.78, 5) is 0. The standard InChI is InChI=1S/C12H25N/c1-5-9(3)11-7-8-12(10(11)4)13-6-2/h9-13H,5-8H2,1-4H3. The van der Waals surface area contributed by atoms with Gasteiger partial charge in [0.1, 0.15) is 0 Å². The summed E-state index contributed by atoms with van der Waals surface area (Å²) in [5.74, 6) is 2.77. The Kier molecular flexibility index (Phi) is 4.24. The molecule has 1 heteroatoms. The second-order valence-electron chi connectivity index (χ2n) is 4.65. The zero-order chi connectivity index (χ0) is 9.84. The van der Waals surface area contributed by atoms with E-state index in [1.54, 1.807) is 0 Å². The van der Waals surface area contributed by atoms with Gasteiger partial charge in [0.05, 0.1) is 0 Å². The molecule has 4 unspecified atom stereocenters. The fourth-order valence-corrected chi connectivity index (χ4v) is 2.85. The molecule has 0 aromatic heterocycles. The Morgan fingerprint density at radius 2 is 2.00 bits per heavy atom. The molecule has 1 nitrogen and oxygen atoms in total. The van der Waals surface area contributed by atoms with Crippen LogP contribution in [0.4, 0.5) is 0 Å². The highest BCUT2D eigenvalue weighted by molar-refractivity contribution is 4.88. The molecular weight excluding hydrogens is 158 g/mol. The van der Waals surface area contributed by atoms with Gasteiger partial charge in [0.2, 0.25) is 0 Å². The molecule has 0 bridgehead atoms. The lowest BCUT2D eigenvalue weighted by molar-refractivity contribution is 0.264. The van der Waals surface area contributed by atoms with Gasteiger partial charge in [-0.25, -0.2) is 0 Å². The highest BCUT2D eigenvalue weighted by Crippen LogP contribution is 2.37. The normalized spacial score (nSPS) is 36.5. The highest BCUT2D eigenvalue weighted by Gasteiger charge is 2.34. The van der Waals surface area contributed by atoms with Crippen molar-refractivity contribution in [3.05, 3.63) is 0 Å². The van der Waals surface area contributed by atoms with Gasteiger partial charge in [-0.2, -0.15) is 0 Å². The lowest BCUT2D eigenvalue weighted by Gasteiger charge is -2.25. The van der Waals surface area contributed by atoms with Crippen molar-refractivity contribution < 1.29 is 0 Å². The first kappa shape index (κ1) is 11.0. The van der Waals surface area contributed by atoms with E-state index in [4.69, 9.17) is 0 Å². The topological polar surface area (TPSA) is 12.0 Å². The van der Waals surface area contributed by atoms with Gasteiger partial charge in [-0.3, -0.25) is 0 Å². The minimum Gasteiger partial charge on any atom is -0.314 e. The average molecular weight is 183 g/mol. The lowest BCUT2D eigenvalue weighted by Crippen LogP contribution is -2.33. The third-order valence-electron chi connectivity index (χ3n) is 3.96. The Balaban J connectivity index is 2.44. The summed E-state index contributed by atoms with van der Waals surface area (Å²) in [5, 5.41) is 3.60. The first-order valence-corrected chi connectivity index (χ1v) is 5.94. The van der Waals surface area contributed by atoms with Gasteiger partial charge in [-0.05, 0) is 37.1 Å². The summed E-state index contributed by atoms with van der Waals surface area (Å²) in [7, 11) is 0. The number of hydrogen-bond donors (Lipinski definition) is 1. The molecule has 1 aliphatic carbocycles. The van der Waals surface area contributed by atoms with Gasteiger partial charge in [-0.1, -0.05) is 34.1 Å². The minimum atomic E-state index is 0.795. The van der Waals surface area contributed by atoms with Crippen molar-refractivity contribution in [3.63, 3.8) is 0 Å². The summed E-state index contributed by atoms with van der Waals surface area (Å²) in [5.41, 5.74) is 0. The first-order chi connectivity index (χ1) is 6.20. The molecule has 78 valence electrons. The molecule has 1 rings (SSSR count). The van der Waals surface area contributed by atoms with Crippen molar-refractivity contribution in [2.24, 2.45) is 17.8 Å². The van der Waals surface area contributed by atoms with Crippen molar-refractivity contribution in [1.82, 2.24) is 5.32 Å². The van der Waals surface area contributed by atoms with Crippen LogP contribution in [0.25, 0.3) is 0 Å². The van der Waals surface area contributed by atoms with Crippen molar-refractivity contribution in [2.45, 2.75) is 53.0 Å². The Labute approximate surface area is 83.3 Å². The highest BCUT2D eigenvalue weighted by atomic mass is 14.9. The fourth-order valence-electron chi connectivity index (χ4n) is 2.85. The Hall–Kier alpha value is -0.0400. The van der Waals surface area contributed by atoms with Gasteiger partial charge in [0, 0.05) is 6.04 Å².